The fourth-order valence-electron chi connectivity index (χ4n) is 3.92. The summed E-state index contributed by atoms with van der Waals surface area (Å²) >= 11 is 0. The lowest BCUT2D eigenvalue weighted by atomic mass is 10.0. The van der Waals surface area contributed by atoms with Crippen molar-refractivity contribution in [3.05, 3.63) is 18.2 Å². The number of imidazole rings is 1. The Labute approximate surface area is 279 Å². The number of H-pyrrole nitrogens is 1. The molecule has 22 nitrogen and oxygen atoms in total. The van der Waals surface area contributed by atoms with Gasteiger partial charge in [0.05, 0.1) is 45.0 Å². The summed E-state index contributed by atoms with van der Waals surface area (Å²) in [4.78, 5) is 116. The zero-order chi connectivity index (χ0) is 37.3. The highest BCUT2D eigenvalue weighted by Crippen LogP contribution is 2.05. The van der Waals surface area contributed by atoms with Crippen molar-refractivity contribution < 1.29 is 58.5 Å². The molecule has 0 aliphatic rings. The molecule has 0 spiro atoms. The summed E-state index contributed by atoms with van der Waals surface area (Å²) in [6, 6.07) is -5.98. The number of carboxylic acid groups (broad SMARTS) is 2. The molecular weight excluding hydrogens is 656 g/mol. The Morgan fingerprint density at radius 3 is 1.73 bits per heavy atom. The molecule has 7 amide bonds. The first kappa shape index (κ1) is 41.4. The van der Waals surface area contributed by atoms with Gasteiger partial charge in [-0.25, -0.2) is 9.78 Å². The fraction of sp³-hybridized carbons (Fsp3) is 0.556. The number of aliphatic hydroxyl groups excluding tert-OH is 1. The van der Waals surface area contributed by atoms with Crippen LogP contribution in [0.1, 0.15) is 32.9 Å². The smallest absolute Gasteiger partial charge is 0.326 e. The third-order valence-electron chi connectivity index (χ3n) is 6.45. The topological polar surface area (TPSA) is 353 Å². The second-order valence-electron chi connectivity index (χ2n) is 10.9. The molecule has 0 bridgehead atoms. The van der Waals surface area contributed by atoms with E-state index in [1.54, 1.807) is 0 Å². The van der Waals surface area contributed by atoms with Gasteiger partial charge in [0.25, 0.3) is 0 Å². The first-order valence-corrected chi connectivity index (χ1v) is 14.8. The van der Waals surface area contributed by atoms with Gasteiger partial charge in [0.2, 0.25) is 41.4 Å². The molecule has 0 saturated heterocycles. The van der Waals surface area contributed by atoms with Gasteiger partial charge >= 0.3 is 11.9 Å². The molecule has 1 heterocycles. The van der Waals surface area contributed by atoms with Crippen LogP contribution in [0, 0.1) is 5.92 Å². The maximum atomic E-state index is 13.0. The van der Waals surface area contributed by atoms with E-state index in [-0.39, 0.29) is 6.42 Å². The van der Waals surface area contributed by atoms with Gasteiger partial charge in [-0.05, 0) is 12.8 Å². The molecule has 0 saturated carbocycles. The van der Waals surface area contributed by atoms with E-state index in [0.717, 1.165) is 0 Å². The van der Waals surface area contributed by atoms with Crippen LogP contribution in [0.2, 0.25) is 0 Å². The molecule has 0 radical (unpaired) electrons. The molecule has 1 rings (SSSR count). The number of nitrogens with one attached hydrogen (secondary N) is 8. The largest absolute Gasteiger partial charge is 0.481 e. The average Bonchev–Trinajstić information content (AvgIpc) is 3.54. The first-order valence-electron chi connectivity index (χ1n) is 14.8. The van der Waals surface area contributed by atoms with Crippen LogP contribution in [0.15, 0.2) is 12.5 Å². The van der Waals surface area contributed by atoms with E-state index >= 15 is 0 Å². The summed E-state index contributed by atoms with van der Waals surface area (Å²) in [6.07, 6.45) is 0.202. The van der Waals surface area contributed by atoms with Gasteiger partial charge in [-0.2, -0.15) is 0 Å². The van der Waals surface area contributed by atoms with E-state index in [4.69, 9.17) is 5.73 Å². The molecule has 0 unspecified atom stereocenters. The van der Waals surface area contributed by atoms with E-state index in [1.807, 2.05) is 0 Å². The predicted molar refractivity (Wildman–Crippen MR) is 165 cm³/mol. The number of amides is 7. The molecule has 0 aromatic carbocycles. The number of carboxylic acids is 2. The van der Waals surface area contributed by atoms with Crippen molar-refractivity contribution in [2.24, 2.45) is 11.7 Å². The Hall–Kier alpha value is -5.64. The van der Waals surface area contributed by atoms with Gasteiger partial charge in [-0.1, -0.05) is 13.8 Å². The van der Waals surface area contributed by atoms with Gasteiger partial charge < -0.3 is 63.3 Å². The summed E-state index contributed by atoms with van der Waals surface area (Å²) in [5.74, 6) is -9.88. The minimum Gasteiger partial charge on any atom is -0.481 e. The molecule has 0 aliphatic carbocycles. The zero-order valence-electron chi connectivity index (χ0n) is 26.9. The SMILES string of the molecule is CC(C)[C@H](NC(=O)[C@H](CC(=O)O)NC(=O)CNC(=O)[C@@H](NC(=O)CNC(=O)CN)[C@@H](C)O)C(=O)NCC(=O)N[C@@H](Cc1cnc[nH]1)C(=O)O. The molecule has 0 fully saturated rings. The van der Waals surface area contributed by atoms with E-state index in [1.165, 1.54) is 33.3 Å². The monoisotopic (exact) mass is 698 g/mol. The predicted octanol–water partition coefficient (Wildman–Crippen LogP) is -6.21. The van der Waals surface area contributed by atoms with Gasteiger partial charge in [0.15, 0.2) is 0 Å². The number of nitrogens with two attached hydrogens (primary N) is 1. The number of aliphatic carboxylic acids is 2. The molecule has 272 valence electrons. The molecule has 49 heavy (non-hydrogen) atoms. The first-order chi connectivity index (χ1) is 22.9. The van der Waals surface area contributed by atoms with Crippen molar-refractivity contribution in [2.45, 2.75) is 63.9 Å². The standard InChI is InChI=1S/C27H42N10O12/c1-12(2)22(25(46)31-10-19(41)35-16(27(48)49)4-14-7-29-11-33-14)37-24(45)15(5-21(43)44)34-18(40)9-32-26(47)23(13(3)38)36-20(42)8-30-17(39)6-28/h7,11-13,15-16,22-23,38H,4-6,8-10,28H2,1-3H3,(H,29,33)(H,30,39)(H,31,46)(H,32,47)(H,34,40)(H,35,41)(H,36,42)(H,37,45)(H,43,44)(H,48,49)/t13-,15+,16+,22+,23+/m1/s1. The summed E-state index contributed by atoms with van der Waals surface area (Å²) < 4.78 is 0. The van der Waals surface area contributed by atoms with Crippen molar-refractivity contribution in [1.82, 2.24) is 47.2 Å². The fourth-order valence-corrected chi connectivity index (χ4v) is 3.92. The van der Waals surface area contributed by atoms with Gasteiger partial charge in [-0.3, -0.25) is 38.4 Å². The van der Waals surface area contributed by atoms with Gasteiger partial charge in [0.1, 0.15) is 24.2 Å². The number of aromatic amines is 1. The maximum absolute atomic E-state index is 13.0. The van der Waals surface area contributed by atoms with E-state index in [0.29, 0.717) is 5.69 Å². The Morgan fingerprint density at radius 2 is 1.27 bits per heavy atom. The summed E-state index contributed by atoms with van der Waals surface area (Å²) in [5.41, 5.74) is 5.56. The number of carbonyl (C=O) groups is 9. The summed E-state index contributed by atoms with van der Waals surface area (Å²) in [7, 11) is 0. The molecular formula is C27H42N10O12. The molecule has 5 atom stereocenters. The molecule has 13 N–H and O–H groups in total. The third kappa shape index (κ3) is 15.7. The number of hydrogen-bond acceptors (Lipinski definition) is 12. The Kier molecular flexibility index (Phi) is 17.4. The second kappa shape index (κ2) is 20.6. The minimum atomic E-state index is -1.74. The molecule has 0 aliphatic heterocycles. The van der Waals surface area contributed by atoms with Crippen LogP contribution in [0.3, 0.4) is 0 Å². The number of nitrogens with zero attached hydrogens (tertiary/aromatic N) is 1. The number of carbonyl (C=O) groups excluding carboxylic acids is 7. The van der Waals surface area contributed by atoms with Crippen molar-refractivity contribution >= 4 is 53.3 Å². The average molecular weight is 699 g/mol. The number of aliphatic hydroxyl groups is 1. The maximum Gasteiger partial charge on any atom is 0.326 e. The highest BCUT2D eigenvalue weighted by molar-refractivity contribution is 5.97. The molecule has 1 aromatic heterocycles. The Bertz CT molecular complexity index is 1350. The lowest BCUT2D eigenvalue weighted by Gasteiger charge is -2.25. The van der Waals surface area contributed by atoms with Crippen LogP contribution in [-0.4, -0.2) is 135 Å². The highest BCUT2D eigenvalue weighted by Gasteiger charge is 2.31. The quantitative estimate of drug-likeness (QED) is 0.0568. The highest BCUT2D eigenvalue weighted by atomic mass is 16.4. The number of rotatable bonds is 21. The number of aromatic nitrogens is 2. The molecule has 1 aromatic rings. The lowest BCUT2D eigenvalue weighted by molar-refractivity contribution is -0.141. The minimum absolute atomic E-state index is 0.117. The van der Waals surface area contributed by atoms with Crippen LogP contribution >= 0.6 is 0 Å². The summed E-state index contributed by atoms with van der Waals surface area (Å²) in [5, 5.41) is 44.0. The van der Waals surface area contributed by atoms with Crippen LogP contribution in [0.4, 0.5) is 0 Å². The van der Waals surface area contributed by atoms with Gasteiger partial charge in [-0.15, -0.1) is 0 Å². The zero-order valence-corrected chi connectivity index (χ0v) is 26.9. The van der Waals surface area contributed by atoms with Crippen LogP contribution < -0.4 is 43.0 Å². The molecule has 22 heteroatoms. The van der Waals surface area contributed by atoms with Crippen molar-refractivity contribution in [3.63, 3.8) is 0 Å². The Balaban J connectivity index is 2.79. The Morgan fingerprint density at radius 1 is 0.735 bits per heavy atom. The number of hydrogen-bond donors (Lipinski definition) is 12. The second-order valence-corrected chi connectivity index (χ2v) is 10.9. The van der Waals surface area contributed by atoms with Crippen LogP contribution in [-0.2, 0) is 49.6 Å². The van der Waals surface area contributed by atoms with E-state index in [2.05, 4.69) is 47.2 Å². The van der Waals surface area contributed by atoms with Crippen molar-refractivity contribution in [1.29, 1.82) is 0 Å². The van der Waals surface area contributed by atoms with E-state index in [9.17, 15) is 58.5 Å². The van der Waals surface area contributed by atoms with Crippen LogP contribution in [0.5, 0.6) is 0 Å². The van der Waals surface area contributed by atoms with E-state index < -0.39 is 122 Å². The van der Waals surface area contributed by atoms with Crippen molar-refractivity contribution in [3.8, 4) is 0 Å². The third-order valence-corrected chi connectivity index (χ3v) is 6.45. The van der Waals surface area contributed by atoms with Gasteiger partial charge in [0, 0.05) is 18.3 Å². The van der Waals surface area contributed by atoms with Crippen LogP contribution in [0.25, 0.3) is 0 Å². The normalized spacial score (nSPS) is 13.8. The lowest BCUT2D eigenvalue weighted by Crippen LogP contribution is -2.58. The van der Waals surface area contributed by atoms with Crippen molar-refractivity contribution in [2.75, 3.05) is 26.2 Å². The summed E-state index contributed by atoms with van der Waals surface area (Å²) in [6.45, 7) is 1.78.